The molecule has 3 unspecified atom stereocenters. The SMILES string of the molecule is CCCCCOc1ccc(OCCC(F)C2CCC(/C=C/C3CCC(C4CCC(CCCCC)OC4)CC3)CC2)c(F)c1F. The van der Waals surface area contributed by atoms with Gasteiger partial charge in [-0.05, 0) is 119 Å². The van der Waals surface area contributed by atoms with Crippen LogP contribution in [-0.2, 0) is 4.74 Å². The number of unbranched alkanes of at least 4 members (excludes halogenated alkanes) is 4. The molecule has 0 spiro atoms. The lowest BCUT2D eigenvalue weighted by Gasteiger charge is -2.37. The van der Waals surface area contributed by atoms with Crippen LogP contribution in [0.5, 0.6) is 11.5 Å². The average molecular weight is 621 g/mol. The quantitative estimate of drug-likeness (QED) is 0.128. The second-order valence-electron chi connectivity index (χ2n) is 13.9. The molecule has 3 fully saturated rings. The van der Waals surface area contributed by atoms with E-state index in [1.165, 1.54) is 76.3 Å². The first-order chi connectivity index (χ1) is 21.5. The summed E-state index contributed by atoms with van der Waals surface area (Å²) in [4.78, 5) is 0. The van der Waals surface area contributed by atoms with E-state index in [1.807, 2.05) is 0 Å². The van der Waals surface area contributed by atoms with E-state index in [-0.39, 0.29) is 30.4 Å². The van der Waals surface area contributed by atoms with E-state index < -0.39 is 17.8 Å². The van der Waals surface area contributed by atoms with Crippen LogP contribution in [0.15, 0.2) is 24.3 Å². The first-order valence-electron chi connectivity index (χ1n) is 18.2. The molecule has 6 heteroatoms. The summed E-state index contributed by atoms with van der Waals surface area (Å²) in [5.41, 5.74) is 0. The van der Waals surface area contributed by atoms with E-state index >= 15 is 4.39 Å². The molecule has 3 aliphatic rings. The summed E-state index contributed by atoms with van der Waals surface area (Å²) >= 11 is 0. The van der Waals surface area contributed by atoms with Gasteiger partial charge in [0.2, 0.25) is 11.6 Å². The van der Waals surface area contributed by atoms with Gasteiger partial charge >= 0.3 is 0 Å². The van der Waals surface area contributed by atoms with Gasteiger partial charge in [-0.1, -0.05) is 58.1 Å². The Labute approximate surface area is 265 Å². The Kier molecular flexibility index (Phi) is 15.3. The van der Waals surface area contributed by atoms with Crippen molar-refractivity contribution in [2.45, 2.75) is 142 Å². The maximum Gasteiger partial charge on any atom is 0.204 e. The van der Waals surface area contributed by atoms with Gasteiger partial charge in [0.15, 0.2) is 11.5 Å². The van der Waals surface area contributed by atoms with Crippen molar-refractivity contribution in [3.05, 3.63) is 35.9 Å². The first kappa shape index (κ1) is 35.2. The van der Waals surface area contributed by atoms with Crippen LogP contribution >= 0.6 is 0 Å². The van der Waals surface area contributed by atoms with Gasteiger partial charge < -0.3 is 14.2 Å². The minimum atomic E-state index is -1.07. The normalized spacial score (nSPS) is 28.7. The van der Waals surface area contributed by atoms with Gasteiger partial charge in [0, 0.05) is 6.42 Å². The Bertz CT molecular complexity index is 960. The predicted molar refractivity (Wildman–Crippen MR) is 173 cm³/mol. The van der Waals surface area contributed by atoms with Crippen molar-refractivity contribution in [2.75, 3.05) is 19.8 Å². The van der Waals surface area contributed by atoms with E-state index in [0.717, 1.165) is 63.4 Å². The Morgan fingerprint density at radius 1 is 0.727 bits per heavy atom. The Morgan fingerprint density at radius 3 is 1.89 bits per heavy atom. The zero-order valence-corrected chi connectivity index (χ0v) is 27.6. The van der Waals surface area contributed by atoms with Gasteiger partial charge in [0.05, 0.1) is 25.9 Å². The van der Waals surface area contributed by atoms with Gasteiger partial charge in [0.1, 0.15) is 6.17 Å². The molecule has 4 rings (SSSR count). The third kappa shape index (κ3) is 11.0. The topological polar surface area (TPSA) is 27.7 Å². The van der Waals surface area contributed by atoms with Crippen LogP contribution in [0, 0.1) is 41.2 Å². The van der Waals surface area contributed by atoms with Gasteiger partial charge in [-0.25, -0.2) is 4.39 Å². The second kappa shape index (κ2) is 19.1. The highest BCUT2D eigenvalue weighted by atomic mass is 19.2. The van der Waals surface area contributed by atoms with E-state index in [2.05, 4.69) is 26.0 Å². The molecule has 0 N–H and O–H groups in total. The summed E-state index contributed by atoms with van der Waals surface area (Å²) in [5, 5.41) is 0. The molecule has 1 aliphatic heterocycles. The zero-order valence-electron chi connectivity index (χ0n) is 27.6. The second-order valence-corrected chi connectivity index (χ2v) is 13.9. The van der Waals surface area contributed by atoms with E-state index in [9.17, 15) is 8.78 Å². The molecule has 0 aromatic heterocycles. The first-order valence-corrected chi connectivity index (χ1v) is 18.2. The molecule has 44 heavy (non-hydrogen) atoms. The van der Waals surface area contributed by atoms with Crippen molar-refractivity contribution in [3.8, 4) is 11.5 Å². The fourth-order valence-corrected chi connectivity index (χ4v) is 7.66. The van der Waals surface area contributed by atoms with Gasteiger partial charge in [0.25, 0.3) is 0 Å². The summed E-state index contributed by atoms with van der Waals surface area (Å²) in [6.07, 6.45) is 24.2. The maximum atomic E-state index is 15.0. The minimum absolute atomic E-state index is 0.0168. The summed E-state index contributed by atoms with van der Waals surface area (Å²) in [6, 6.07) is 2.77. The molecule has 0 bridgehead atoms. The Balaban J connectivity index is 1.08. The summed E-state index contributed by atoms with van der Waals surface area (Å²) in [6.45, 7) is 5.69. The molecule has 3 atom stereocenters. The van der Waals surface area contributed by atoms with Gasteiger partial charge in [-0.3, -0.25) is 0 Å². The van der Waals surface area contributed by atoms with Crippen molar-refractivity contribution >= 4 is 0 Å². The van der Waals surface area contributed by atoms with Crippen LogP contribution in [0.4, 0.5) is 13.2 Å². The highest BCUT2D eigenvalue weighted by Gasteiger charge is 2.31. The van der Waals surface area contributed by atoms with Crippen molar-refractivity contribution in [3.63, 3.8) is 0 Å². The lowest BCUT2D eigenvalue weighted by molar-refractivity contribution is -0.0420. The molecule has 1 heterocycles. The molecule has 250 valence electrons. The zero-order chi connectivity index (χ0) is 31.1. The van der Waals surface area contributed by atoms with Crippen molar-refractivity contribution in [1.82, 2.24) is 0 Å². The van der Waals surface area contributed by atoms with Crippen LogP contribution < -0.4 is 9.47 Å². The van der Waals surface area contributed by atoms with Crippen LogP contribution in [0.25, 0.3) is 0 Å². The third-order valence-electron chi connectivity index (χ3n) is 10.7. The van der Waals surface area contributed by atoms with Crippen molar-refractivity contribution < 1.29 is 27.4 Å². The van der Waals surface area contributed by atoms with Crippen LogP contribution in [-0.4, -0.2) is 32.1 Å². The largest absolute Gasteiger partial charge is 0.490 e. The van der Waals surface area contributed by atoms with Gasteiger partial charge in [-0.15, -0.1) is 0 Å². The van der Waals surface area contributed by atoms with Crippen LogP contribution in [0.3, 0.4) is 0 Å². The lowest BCUT2D eigenvalue weighted by Crippen LogP contribution is -2.32. The molecule has 0 amide bonds. The third-order valence-corrected chi connectivity index (χ3v) is 10.7. The number of benzene rings is 1. The fraction of sp³-hybridized carbons (Fsp3) is 0.789. The smallest absolute Gasteiger partial charge is 0.204 e. The minimum Gasteiger partial charge on any atom is -0.490 e. The highest BCUT2D eigenvalue weighted by Crippen LogP contribution is 2.40. The number of alkyl halides is 1. The van der Waals surface area contributed by atoms with E-state index in [4.69, 9.17) is 14.2 Å². The molecule has 1 aromatic carbocycles. The molecule has 3 nitrogen and oxygen atoms in total. The lowest BCUT2D eigenvalue weighted by atomic mass is 9.73. The Morgan fingerprint density at radius 2 is 1.30 bits per heavy atom. The predicted octanol–water partition coefficient (Wildman–Crippen LogP) is 11.2. The number of hydrogen-bond donors (Lipinski definition) is 0. The van der Waals surface area contributed by atoms with Gasteiger partial charge in [-0.2, -0.15) is 8.78 Å². The summed E-state index contributed by atoms with van der Waals surface area (Å²) in [7, 11) is 0. The monoisotopic (exact) mass is 620 g/mol. The average Bonchev–Trinajstić information content (AvgIpc) is 3.06. The molecule has 0 radical (unpaired) electrons. The number of hydrogen-bond acceptors (Lipinski definition) is 3. The van der Waals surface area contributed by atoms with Crippen molar-refractivity contribution in [2.24, 2.45) is 29.6 Å². The van der Waals surface area contributed by atoms with Crippen molar-refractivity contribution in [1.29, 1.82) is 0 Å². The molecule has 2 saturated carbocycles. The molecule has 1 aromatic rings. The number of rotatable bonds is 17. The number of halogens is 3. The van der Waals surface area contributed by atoms with Crippen LogP contribution in [0.1, 0.15) is 129 Å². The highest BCUT2D eigenvalue weighted by molar-refractivity contribution is 5.35. The summed E-state index contributed by atoms with van der Waals surface area (Å²) < 4.78 is 60.9. The molecular formula is C38H59F3O3. The van der Waals surface area contributed by atoms with E-state index in [1.54, 1.807) is 0 Å². The van der Waals surface area contributed by atoms with E-state index in [0.29, 0.717) is 24.5 Å². The molecular weight excluding hydrogens is 561 g/mol. The fourth-order valence-electron chi connectivity index (χ4n) is 7.66. The Hall–Kier alpha value is -1.69. The number of allylic oxidation sites excluding steroid dienone is 2. The molecule has 1 saturated heterocycles. The molecule has 2 aliphatic carbocycles. The maximum absolute atomic E-state index is 15.0. The summed E-state index contributed by atoms with van der Waals surface area (Å²) in [5.74, 6) is 0.452. The van der Waals surface area contributed by atoms with Crippen LogP contribution in [0.2, 0.25) is 0 Å². The standard InChI is InChI=1S/C38H59F3O3/c1-3-5-7-9-33-21-20-32(27-44-33)30-16-12-28(13-17-30)10-11-29-14-18-31(19-15-29)34(39)24-26-43-36-23-22-35(37(40)38(36)41)42-25-8-6-4-2/h10-11,22-23,28-34H,3-9,12-21,24-27H2,1-2H3/b11-10+. The number of ether oxygens (including phenoxy) is 3.